The molecule has 1 aromatic carbocycles. The first kappa shape index (κ1) is 24.1. The first-order valence-corrected chi connectivity index (χ1v) is 11.0. The lowest BCUT2D eigenvalue weighted by atomic mass is 9.87. The zero-order chi connectivity index (χ0) is 24.7. The van der Waals surface area contributed by atoms with E-state index in [1.54, 1.807) is 12.1 Å². The Labute approximate surface area is 193 Å². The smallest absolute Gasteiger partial charge is 0.396 e. The van der Waals surface area contributed by atoms with Crippen LogP contribution < -0.4 is 5.32 Å². The Morgan fingerprint density at radius 3 is 2.53 bits per heavy atom. The number of hydrogen-bond donors (Lipinski definition) is 3. The number of aliphatic hydroxyl groups is 2. The Bertz CT molecular complexity index is 1190. The summed E-state index contributed by atoms with van der Waals surface area (Å²) in [6, 6.07) is 3.39. The SMILES string of the molecule is CC(C)(O)c1cc2nn(C3CCC(CO)CC3)cc2cc1NC(=O)c1cncnc1C(F)(F)F. The van der Waals surface area contributed by atoms with Gasteiger partial charge in [0.2, 0.25) is 0 Å². The van der Waals surface area contributed by atoms with Crippen molar-refractivity contribution < 1.29 is 28.2 Å². The number of carbonyl (C=O) groups excluding carboxylic acids is 1. The van der Waals surface area contributed by atoms with Crippen LogP contribution in [0, 0.1) is 5.92 Å². The lowest BCUT2D eigenvalue weighted by Crippen LogP contribution is -2.23. The van der Waals surface area contributed by atoms with Crippen molar-refractivity contribution in [2.24, 2.45) is 5.92 Å². The van der Waals surface area contributed by atoms with Gasteiger partial charge in [0.15, 0.2) is 5.69 Å². The number of alkyl halides is 3. The van der Waals surface area contributed by atoms with Gasteiger partial charge in [-0.3, -0.25) is 9.48 Å². The van der Waals surface area contributed by atoms with Crippen molar-refractivity contribution in [3.63, 3.8) is 0 Å². The standard InChI is InChI=1S/C23H26F3N5O3/c1-22(2,34)17-8-18-14(10-31(30-18)15-5-3-13(11-32)4-6-15)7-19(17)29-21(33)16-9-27-12-28-20(16)23(24,25)26/h7-10,12-13,15,32,34H,3-6,11H2,1-2H3,(H,29,33). The highest BCUT2D eigenvalue weighted by Gasteiger charge is 2.37. The number of aromatic nitrogens is 4. The van der Waals surface area contributed by atoms with Crippen LogP contribution >= 0.6 is 0 Å². The maximum atomic E-state index is 13.3. The van der Waals surface area contributed by atoms with Gasteiger partial charge in [-0.25, -0.2) is 9.97 Å². The number of nitrogens with one attached hydrogen (secondary N) is 1. The Morgan fingerprint density at radius 2 is 1.91 bits per heavy atom. The molecule has 1 aliphatic rings. The fraction of sp³-hybridized carbons (Fsp3) is 0.478. The molecule has 0 radical (unpaired) electrons. The third-order valence-corrected chi connectivity index (χ3v) is 6.24. The molecule has 0 spiro atoms. The predicted molar refractivity (Wildman–Crippen MR) is 118 cm³/mol. The van der Waals surface area contributed by atoms with Gasteiger partial charge in [-0.05, 0) is 57.6 Å². The molecule has 34 heavy (non-hydrogen) atoms. The van der Waals surface area contributed by atoms with Crippen LogP contribution in [-0.4, -0.2) is 42.5 Å². The van der Waals surface area contributed by atoms with Gasteiger partial charge in [0.25, 0.3) is 5.91 Å². The Hall–Kier alpha value is -3.05. The van der Waals surface area contributed by atoms with Crippen LogP contribution in [-0.2, 0) is 11.8 Å². The van der Waals surface area contributed by atoms with Crippen LogP contribution in [0.2, 0.25) is 0 Å². The van der Waals surface area contributed by atoms with Crippen molar-refractivity contribution in [3.8, 4) is 0 Å². The number of fused-ring (bicyclic) bond motifs is 1. The number of aliphatic hydroxyl groups excluding tert-OH is 1. The number of amides is 1. The molecule has 3 N–H and O–H groups in total. The Balaban J connectivity index is 1.69. The van der Waals surface area contributed by atoms with Crippen LogP contribution in [0.5, 0.6) is 0 Å². The summed E-state index contributed by atoms with van der Waals surface area (Å²) in [7, 11) is 0. The molecule has 1 amide bonds. The molecule has 0 aliphatic heterocycles. The number of benzene rings is 1. The fourth-order valence-corrected chi connectivity index (χ4v) is 4.39. The third kappa shape index (κ3) is 4.90. The first-order chi connectivity index (χ1) is 16.0. The van der Waals surface area contributed by atoms with E-state index in [9.17, 15) is 28.2 Å². The van der Waals surface area contributed by atoms with Gasteiger partial charge in [-0.1, -0.05) is 0 Å². The van der Waals surface area contributed by atoms with Crippen molar-refractivity contribution in [3.05, 3.63) is 47.7 Å². The van der Waals surface area contributed by atoms with E-state index >= 15 is 0 Å². The molecule has 8 nitrogen and oxygen atoms in total. The molecular formula is C23H26F3N5O3. The minimum absolute atomic E-state index is 0.162. The summed E-state index contributed by atoms with van der Waals surface area (Å²) in [4.78, 5) is 19.6. The molecule has 0 unspecified atom stereocenters. The third-order valence-electron chi connectivity index (χ3n) is 6.24. The second-order valence-corrected chi connectivity index (χ2v) is 9.22. The highest BCUT2D eigenvalue weighted by atomic mass is 19.4. The maximum absolute atomic E-state index is 13.3. The normalized spacial score (nSPS) is 19.4. The topological polar surface area (TPSA) is 113 Å². The van der Waals surface area contributed by atoms with E-state index in [-0.39, 0.29) is 18.3 Å². The average Bonchev–Trinajstić information content (AvgIpc) is 3.20. The van der Waals surface area contributed by atoms with Crippen molar-refractivity contribution in [2.45, 2.75) is 57.3 Å². The average molecular weight is 477 g/mol. The number of rotatable bonds is 5. The fourth-order valence-electron chi connectivity index (χ4n) is 4.39. The van der Waals surface area contributed by atoms with Gasteiger partial charge < -0.3 is 15.5 Å². The first-order valence-electron chi connectivity index (χ1n) is 11.0. The summed E-state index contributed by atoms with van der Waals surface area (Å²) in [6.45, 7) is 3.21. The van der Waals surface area contributed by atoms with Gasteiger partial charge in [0.05, 0.1) is 22.7 Å². The van der Waals surface area contributed by atoms with E-state index in [0.29, 0.717) is 22.4 Å². The summed E-state index contributed by atoms with van der Waals surface area (Å²) in [5.74, 6) is -0.735. The number of anilines is 1. The summed E-state index contributed by atoms with van der Waals surface area (Å²) in [5, 5.41) is 27.9. The minimum atomic E-state index is -4.82. The summed E-state index contributed by atoms with van der Waals surface area (Å²) in [6.07, 6.45) is 2.09. The van der Waals surface area contributed by atoms with Crippen molar-refractivity contribution >= 4 is 22.5 Å². The molecule has 0 bridgehead atoms. The summed E-state index contributed by atoms with van der Waals surface area (Å²) in [5.41, 5.74) is -2.37. The Morgan fingerprint density at radius 1 is 1.21 bits per heavy atom. The highest BCUT2D eigenvalue weighted by Crippen LogP contribution is 2.36. The minimum Gasteiger partial charge on any atom is -0.396 e. The molecule has 0 atom stereocenters. The molecule has 1 saturated carbocycles. The molecule has 1 fully saturated rings. The van der Waals surface area contributed by atoms with Crippen LogP contribution in [0.1, 0.15) is 67.2 Å². The summed E-state index contributed by atoms with van der Waals surface area (Å²) < 4.78 is 41.8. The van der Waals surface area contributed by atoms with Crippen LogP contribution in [0.3, 0.4) is 0 Å². The molecule has 182 valence electrons. The van der Waals surface area contributed by atoms with Gasteiger partial charge in [0, 0.05) is 35.6 Å². The number of carbonyl (C=O) groups is 1. The quantitative estimate of drug-likeness (QED) is 0.511. The molecule has 2 aromatic heterocycles. The van der Waals surface area contributed by atoms with Crippen LogP contribution in [0.15, 0.2) is 30.9 Å². The van der Waals surface area contributed by atoms with E-state index in [1.165, 1.54) is 13.8 Å². The largest absolute Gasteiger partial charge is 0.434 e. The van der Waals surface area contributed by atoms with Crippen molar-refractivity contribution in [1.82, 2.24) is 19.7 Å². The van der Waals surface area contributed by atoms with Crippen LogP contribution in [0.25, 0.3) is 10.9 Å². The van der Waals surface area contributed by atoms with E-state index in [4.69, 9.17) is 0 Å². The molecule has 4 rings (SSSR count). The Kier molecular flexibility index (Phi) is 6.34. The molecule has 1 aliphatic carbocycles. The predicted octanol–water partition coefficient (Wildman–Crippen LogP) is 4.05. The molecule has 11 heteroatoms. The van der Waals surface area contributed by atoms with Crippen LogP contribution in [0.4, 0.5) is 18.9 Å². The van der Waals surface area contributed by atoms with Crippen molar-refractivity contribution in [1.29, 1.82) is 0 Å². The van der Waals surface area contributed by atoms with E-state index in [2.05, 4.69) is 20.4 Å². The lowest BCUT2D eigenvalue weighted by molar-refractivity contribution is -0.141. The number of nitrogens with zero attached hydrogens (tertiary/aromatic N) is 4. The molecule has 3 aromatic rings. The summed E-state index contributed by atoms with van der Waals surface area (Å²) >= 11 is 0. The number of halogens is 3. The molecular weight excluding hydrogens is 451 g/mol. The number of hydrogen-bond acceptors (Lipinski definition) is 6. The van der Waals surface area contributed by atoms with E-state index < -0.39 is 28.9 Å². The van der Waals surface area contributed by atoms with Gasteiger partial charge in [-0.2, -0.15) is 18.3 Å². The molecule has 2 heterocycles. The van der Waals surface area contributed by atoms with Gasteiger partial charge >= 0.3 is 6.18 Å². The maximum Gasteiger partial charge on any atom is 0.434 e. The molecule has 0 saturated heterocycles. The van der Waals surface area contributed by atoms with E-state index in [0.717, 1.165) is 38.2 Å². The highest BCUT2D eigenvalue weighted by molar-refractivity contribution is 6.06. The second-order valence-electron chi connectivity index (χ2n) is 9.22. The second kappa shape index (κ2) is 8.95. The zero-order valence-corrected chi connectivity index (χ0v) is 18.8. The van der Waals surface area contributed by atoms with Gasteiger partial charge in [0.1, 0.15) is 6.33 Å². The van der Waals surface area contributed by atoms with Gasteiger partial charge in [-0.15, -0.1) is 0 Å². The zero-order valence-electron chi connectivity index (χ0n) is 18.8. The lowest BCUT2D eigenvalue weighted by Gasteiger charge is -2.27. The monoisotopic (exact) mass is 477 g/mol. The van der Waals surface area contributed by atoms with Crippen molar-refractivity contribution in [2.75, 3.05) is 11.9 Å². The van der Waals surface area contributed by atoms with E-state index in [1.807, 2.05) is 10.9 Å².